The quantitative estimate of drug-likeness (QED) is 0.933. The summed E-state index contributed by atoms with van der Waals surface area (Å²) in [7, 11) is 0. The molecule has 120 valence electrons. The SMILES string of the molecule is Cc1cc(C)c(C(=O)N2CCC(C(=O)O)(C(C)C)C2)c(C)c1. The van der Waals surface area contributed by atoms with Gasteiger partial charge in [0.1, 0.15) is 0 Å². The maximum Gasteiger partial charge on any atom is 0.311 e. The second kappa shape index (κ2) is 5.75. The van der Waals surface area contributed by atoms with E-state index in [1.807, 2.05) is 46.8 Å². The minimum absolute atomic E-state index is 0.00279. The summed E-state index contributed by atoms with van der Waals surface area (Å²) < 4.78 is 0. The van der Waals surface area contributed by atoms with Crippen molar-refractivity contribution in [2.45, 2.75) is 41.0 Å². The van der Waals surface area contributed by atoms with Crippen molar-refractivity contribution in [3.63, 3.8) is 0 Å². The summed E-state index contributed by atoms with van der Waals surface area (Å²) in [5.41, 5.74) is 2.95. The largest absolute Gasteiger partial charge is 0.481 e. The van der Waals surface area contributed by atoms with Crippen molar-refractivity contribution in [2.24, 2.45) is 11.3 Å². The van der Waals surface area contributed by atoms with Crippen LogP contribution in [0.3, 0.4) is 0 Å². The molecule has 1 saturated heterocycles. The molecule has 0 aromatic heterocycles. The van der Waals surface area contributed by atoms with E-state index in [0.29, 0.717) is 19.5 Å². The molecule has 0 radical (unpaired) electrons. The lowest BCUT2D eigenvalue weighted by Crippen LogP contribution is -2.40. The summed E-state index contributed by atoms with van der Waals surface area (Å²) in [4.78, 5) is 26.3. The van der Waals surface area contributed by atoms with Crippen LogP contribution in [0.25, 0.3) is 0 Å². The number of carboxylic acids is 1. The molecular formula is C18H25NO3. The van der Waals surface area contributed by atoms with Crippen LogP contribution >= 0.6 is 0 Å². The Morgan fingerprint density at radius 1 is 1.18 bits per heavy atom. The molecule has 1 aromatic carbocycles. The van der Waals surface area contributed by atoms with E-state index in [2.05, 4.69) is 0 Å². The third-order valence-electron chi connectivity index (χ3n) is 5.01. The molecule has 1 aliphatic heterocycles. The first-order valence-corrected chi connectivity index (χ1v) is 7.79. The van der Waals surface area contributed by atoms with Crippen LogP contribution in [0.1, 0.15) is 47.3 Å². The highest BCUT2D eigenvalue weighted by Gasteiger charge is 2.48. The molecule has 1 amide bonds. The van der Waals surface area contributed by atoms with Gasteiger partial charge >= 0.3 is 5.97 Å². The van der Waals surface area contributed by atoms with Gasteiger partial charge in [0.2, 0.25) is 0 Å². The van der Waals surface area contributed by atoms with Gasteiger partial charge in [-0.15, -0.1) is 0 Å². The lowest BCUT2D eigenvalue weighted by molar-refractivity contribution is -0.150. The Kier molecular flexibility index (Phi) is 4.32. The molecule has 2 rings (SSSR count). The zero-order valence-electron chi connectivity index (χ0n) is 14.1. The Balaban J connectivity index is 2.32. The lowest BCUT2D eigenvalue weighted by Gasteiger charge is -2.29. The van der Waals surface area contributed by atoms with Gasteiger partial charge in [-0.25, -0.2) is 0 Å². The third kappa shape index (κ3) is 2.62. The minimum Gasteiger partial charge on any atom is -0.481 e. The van der Waals surface area contributed by atoms with E-state index in [9.17, 15) is 14.7 Å². The van der Waals surface area contributed by atoms with Crippen LogP contribution in [-0.4, -0.2) is 35.0 Å². The van der Waals surface area contributed by atoms with Gasteiger partial charge in [-0.3, -0.25) is 9.59 Å². The van der Waals surface area contributed by atoms with Gasteiger partial charge in [0.05, 0.1) is 5.41 Å². The number of benzene rings is 1. The molecule has 0 saturated carbocycles. The standard InChI is InChI=1S/C18H25NO3/c1-11(2)18(17(21)22)6-7-19(10-18)16(20)15-13(4)8-12(3)9-14(15)5/h8-9,11H,6-7,10H2,1-5H3,(H,21,22). The van der Waals surface area contributed by atoms with E-state index >= 15 is 0 Å². The predicted octanol–water partition coefficient (Wildman–Crippen LogP) is 3.18. The van der Waals surface area contributed by atoms with Crippen LogP contribution in [0.5, 0.6) is 0 Å². The first-order valence-electron chi connectivity index (χ1n) is 7.79. The molecule has 1 aromatic rings. The molecule has 1 unspecified atom stereocenters. The summed E-state index contributed by atoms with van der Waals surface area (Å²) in [5.74, 6) is -0.836. The molecule has 4 heteroatoms. The molecule has 22 heavy (non-hydrogen) atoms. The first-order chi connectivity index (χ1) is 10.2. The number of nitrogens with zero attached hydrogens (tertiary/aromatic N) is 1. The monoisotopic (exact) mass is 303 g/mol. The molecule has 0 aliphatic carbocycles. The smallest absolute Gasteiger partial charge is 0.311 e. The molecule has 0 spiro atoms. The van der Waals surface area contributed by atoms with Gasteiger partial charge < -0.3 is 10.0 Å². The Labute approximate surface area is 132 Å². The average molecular weight is 303 g/mol. The molecule has 1 aliphatic rings. The summed E-state index contributed by atoms with van der Waals surface area (Å²) >= 11 is 0. The van der Waals surface area contributed by atoms with Crippen LogP contribution in [0.15, 0.2) is 12.1 Å². The average Bonchev–Trinajstić information content (AvgIpc) is 2.83. The van der Waals surface area contributed by atoms with Crippen LogP contribution in [0.2, 0.25) is 0 Å². The van der Waals surface area contributed by atoms with Gasteiger partial charge in [-0.05, 0) is 44.2 Å². The maximum atomic E-state index is 12.9. The molecule has 1 fully saturated rings. The number of hydrogen-bond donors (Lipinski definition) is 1. The van der Waals surface area contributed by atoms with E-state index in [0.717, 1.165) is 22.3 Å². The fourth-order valence-electron chi connectivity index (χ4n) is 3.57. The number of amides is 1. The third-order valence-corrected chi connectivity index (χ3v) is 5.01. The van der Waals surface area contributed by atoms with E-state index in [1.54, 1.807) is 4.90 Å². The van der Waals surface area contributed by atoms with Crippen LogP contribution < -0.4 is 0 Å². The number of rotatable bonds is 3. The molecule has 1 heterocycles. The number of aryl methyl sites for hydroxylation is 3. The second-order valence-corrected chi connectivity index (χ2v) is 6.87. The number of likely N-dealkylation sites (tertiary alicyclic amines) is 1. The predicted molar refractivity (Wildman–Crippen MR) is 86.1 cm³/mol. The Morgan fingerprint density at radius 2 is 1.73 bits per heavy atom. The molecule has 4 nitrogen and oxygen atoms in total. The van der Waals surface area contributed by atoms with Gasteiger partial charge in [0, 0.05) is 18.7 Å². The summed E-state index contributed by atoms with van der Waals surface area (Å²) in [6, 6.07) is 4.01. The van der Waals surface area contributed by atoms with Crippen LogP contribution in [0.4, 0.5) is 0 Å². The van der Waals surface area contributed by atoms with E-state index in [4.69, 9.17) is 0 Å². The van der Waals surface area contributed by atoms with Crippen molar-refractivity contribution < 1.29 is 14.7 Å². The number of carboxylic acid groups (broad SMARTS) is 1. The van der Waals surface area contributed by atoms with E-state index in [1.165, 1.54) is 0 Å². The maximum absolute atomic E-state index is 12.9. The van der Waals surface area contributed by atoms with Crippen molar-refractivity contribution in [3.8, 4) is 0 Å². The number of hydrogen-bond acceptors (Lipinski definition) is 2. The lowest BCUT2D eigenvalue weighted by atomic mass is 9.76. The zero-order valence-corrected chi connectivity index (χ0v) is 14.1. The highest BCUT2D eigenvalue weighted by molar-refractivity contribution is 5.98. The van der Waals surface area contributed by atoms with E-state index in [-0.39, 0.29) is 11.8 Å². The summed E-state index contributed by atoms with van der Waals surface area (Å²) in [6.07, 6.45) is 0.524. The molecule has 1 atom stereocenters. The first kappa shape index (κ1) is 16.5. The molecule has 1 N–H and O–H groups in total. The summed E-state index contributed by atoms with van der Waals surface area (Å²) in [5, 5.41) is 9.61. The van der Waals surface area contributed by atoms with Gasteiger partial charge in [-0.2, -0.15) is 0 Å². The number of carbonyl (C=O) groups excluding carboxylic acids is 1. The van der Waals surface area contributed by atoms with Crippen molar-refractivity contribution in [2.75, 3.05) is 13.1 Å². The van der Waals surface area contributed by atoms with Gasteiger partial charge in [-0.1, -0.05) is 31.5 Å². The van der Waals surface area contributed by atoms with Gasteiger partial charge in [0.25, 0.3) is 5.91 Å². The summed E-state index contributed by atoms with van der Waals surface area (Å²) in [6.45, 7) is 10.5. The number of aliphatic carboxylic acids is 1. The van der Waals surface area contributed by atoms with Crippen molar-refractivity contribution in [1.29, 1.82) is 0 Å². The Bertz CT molecular complexity index is 598. The van der Waals surface area contributed by atoms with Gasteiger partial charge in [0.15, 0.2) is 0 Å². The van der Waals surface area contributed by atoms with Crippen LogP contribution in [0, 0.1) is 32.1 Å². The van der Waals surface area contributed by atoms with Crippen LogP contribution in [-0.2, 0) is 4.79 Å². The Morgan fingerprint density at radius 3 is 2.14 bits per heavy atom. The normalized spacial score (nSPS) is 21.5. The highest BCUT2D eigenvalue weighted by Crippen LogP contribution is 2.39. The van der Waals surface area contributed by atoms with Crippen molar-refractivity contribution in [3.05, 3.63) is 34.4 Å². The fraction of sp³-hybridized carbons (Fsp3) is 0.556. The second-order valence-electron chi connectivity index (χ2n) is 6.87. The van der Waals surface area contributed by atoms with Crippen molar-refractivity contribution in [1.82, 2.24) is 4.90 Å². The minimum atomic E-state index is -0.817. The fourth-order valence-corrected chi connectivity index (χ4v) is 3.57. The Hall–Kier alpha value is -1.84. The van der Waals surface area contributed by atoms with E-state index < -0.39 is 11.4 Å². The molecular weight excluding hydrogens is 278 g/mol. The highest BCUT2D eigenvalue weighted by atomic mass is 16.4. The zero-order chi connectivity index (χ0) is 16.7. The number of carbonyl (C=O) groups is 2. The topological polar surface area (TPSA) is 57.6 Å². The van der Waals surface area contributed by atoms with Crippen molar-refractivity contribution >= 4 is 11.9 Å². The molecule has 0 bridgehead atoms.